The second-order valence-electron chi connectivity index (χ2n) is 4.58. The van der Waals surface area contributed by atoms with Crippen molar-refractivity contribution in [1.29, 1.82) is 0 Å². The number of aryl methyl sites for hydroxylation is 1. The molecule has 1 aromatic heterocycles. The average molecular weight is 289 g/mol. The molecule has 108 valence electrons. The minimum absolute atomic E-state index is 0.0562. The predicted molar refractivity (Wildman–Crippen MR) is 69.2 cm³/mol. The fourth-order valence-electron chi connectivity index (χ4n) is 1.73. The number of hydrogen-bond acceptors (Lipinski definition) is 4. The summed E-state index contributed by atoms with van der Waals surface area (Å²) in [5.41, 5.74) is -1.52. The lowest BCUT2D eigenvalue weighted by molar-refractivity contribution is -0.146. The smallest absolute Gasteiger partial charge is 0.324 e. The molecule has 0 saturated carbocycles. The third kappa shape index (κ3) is 2.79. The first-order valence-electron chi connectivity index (χ1n) is 5.95. The molecule has 0 aliphatic heterocycles. The second-order valence-corrected chi connectivity index (χ2v) is 6.39. The van der Waals surface area contributed by atoms with Crippen LogP contribution in [0.15, 0.2) is 17.6 Å². The van der Waals surface area contributed by atoms with Crippen molar-refractivity contribution in [2.24, 2.45) is 0 Å². The Morgan fingerprint density at radius 1 is 1.47 bits per heavy atom. The molecule has 1 heterocycles. The van der Waals surface area contributed by atoms with E-state index in [1.165, 1.54) is 26.4 Å². The zero-order chi connectivity index (χ0) is 14.8. The molecule has 0 bridgehead atoms. The SMILES string of the molecule is CCN(C(C)(C)C(=O)O)S(=O)(=O)c1cn(CC)cn1. The number of carboxylic acids is 1. The van der Waals surface area contributed by atoms with Crippen molar-refractivity contribution in [2.75, 3.05) is 6.54 Å². The number of carbonyl (C=O) groups is 1. The number of carboxylic acid groups (broad SMARTS) is 1. The second kappa shape index (κ2) is 5.30. The van der Waals surface area contributed by atoms with Gasteiger partial charge in [-0.3, -0.25) is 4.79 Å². The van der Waals surface area contributed by atoms with E-state index >= 15 is 0 Å². The van der Waals surface area contributed by atoms with E-state index in [0.29, 0.717) is 6.54 Å². The maximum atomic E-state index is 12.4. The maximum absolute atomic E-state index is 12.4. The van der Waals surface area contributed by atoms with Gasteiger partial charge in [-0.1, -0.05) is 6.92 Å². The Morgan fingerprint density at radius 2 is 2.05 bits per heavy atom. The molecule has 0 aliphatic carbocycles. The summed E-state index contributed by atoms with van der Waals surface area (Å²) in [6.07, 6.45) is 2.81. The number of imidazole rings is 1. The minimum Gasteiger partial charge on any atom is -0.480 e. The zero-order valence-corrected chi connectivity index (χ0v) is 12.3. The summed E-state index contributed by atoms with van der Waals surface area (Å²) >= 11 is 0. The van der Waals surface area contributed by atoms with Crippen molar-refractivity contribution < 1.29 is 18.3 Å². The molecular weight excluding hydrogens is 270 g/mol. The number of rotatable bonds is 6. The molecule has 0 atom stereocenters. The first-order chi connectivity index (χ1) is 8.67. The molecule has 0 aliphatic rings. The van der Waals surface area contributed by atoms with Crippen molar-refractivity contribution in [3.63, 3.8) is 0 Å². The van der Waals surface area contributed by atoms with Gasteiger partial charge in [0.15, 0.2) is 5.03 Å². The van der Waals surface area contributed by atoms with E-state index in [-0.39, 0.29) is 11.6 Å². The van der Waals surface area contributed by atoms with Crippen LogP contribution in [0.5, 0.6) is 0 Å². The van der Waals surface area contributed by atoms with Gasteiger partial charge in [0.05, 0.1) is 6.33 Å². The number of aliphatic carboxylic acids is 1. The lowest BCUT2D eigenvalue weighted by atomic mass is 10.1. The van der Waals surface area contributed by atoms with Gasteiger partial charge in [-0.05, 0) is 20.8 Å². The van der Waals surface area contributed by atoms with Crippen molar-refractivity contribution in [1.82, 2.24) is 13.9 Å². The monoisotopic (exact) mass is 289 g/mol. The summed E-state index contributed by atoms with van der Waals surface area (Å²) in [7, 11) is -3.92. The summed E-state index contributed by atoms with van der Waals surface area (Å²) < 4.78 is 27.4. The predicted octanol–water partition coefficient (Wildman–Crippen LogP) is 0.777. The van der Waals surface area contributed by atoms with Crippen LogP contribution in [-0.2, 0) is 21.4 Å². The van der Waals surface area contributed by atoms with Crippen LogP contribution in [-0.4, -0.2) is 45.4 Å². The lowest BCUT2D eigenvalue weighted by Gasteiger charge is -2.32. The fourth-order valence-corrected chi connectivity index (χ4v) is 3.42. The molecule has 0 fully saturated rings. The third-order valence-electron chi connectivity index (χ3n) is 2.96. The van der Waals surface area contributed by atoms with E-state index < -0.39 is 21.5 Å². The molecule has 0 saturated heterocycles. The van der Waals surface area contributed by atoms with Crippen LogP contribution in [0.1, 0.15) is 27.7 Å². The Hall–Kier alpha value is -1.41. The Labute approximate surface area is 112 Å². The van der Waals surface area contributed by atoms with Gasteiger partial charge in [0.25, 0.3) is 10.0 Å². The molecule has 0 radical (unpaired) electrons. The number of likely N-dealkylation sites (N-methyl/N-ethyl adjacent to an activating group) is 1. The maximum Gasteiger partial charge on any atom is 0.324 e. The van der Waals surface area contributed by atoms with E-state index in [4.69, 9.17) is 0 Å². The molecule has 1 N–H and O–H groups in total. The summed E-state index contributed by atoms with van der Waals surface area (Å²) in [5.74, 6) is -1.20. The summed E-state index contributed by atoms with van der Waals surface area (Å²) in [4.78, 5) is 15.1. The highest BCUT2D eigenvalue weighted by Gasteiger charge is 2.42. The van der Waals surface area contributed by atoms with Crippen molar-refractivity contribution in [2.45, 2.75) is 44.8 Å². The molecule has 7 nitrogen and oxygen atoms in total. The first kappa shape index (κ1) is 15.6. The number of sulfonamides is 1. The molecule has 0 amide bonds. The Kier molecular flexibility index (Phi) is 4.36. The normalized spacial score (nSPS) is 12.9. The summed E-state index contributed by atoms with van der Waals surface area (Å²) in [6, 6.07) is 0. The van der Waals surface area contributed by atoms with Gasteiger partial charge in [0, 0.05) is 19.3 Å². The average Bonchev–Trinajstić information content (AvgIpc) is 2.77. The quantitative estimate of drug-likeness (QED) is 0.835. The van der Waals surface area contributed by atoms with Crippen LogP contribution in [0.3, 0.4) is 0 Å². The fraction of sp³-hybridized carbons (Fsp3) is 0.636. The number of nitrogens with zero attached hydrogens (tertiary/aromatic N) is 3. The van der Waals surface area contributed by atoms with Crippen LogP contribution in [0, 0.1) is 0 Å². The van der Waals surface area contributed by atoms with Crippen molar-refractivity contribution in [3.8, 4) is 0 Å². The van der Waals surface area contributed by atoms with Crippen LogP contribution in [0.4, 0.5) is 0 Å². The van der Waals surface area contributed by atoms with Gasteiger partial charge in [0.1, 0.15) is 5.54 Å². The first-order valence-corrected chi connectivity index (χ1v) is 7.39. The Morgan fingerprint density at radius 3 is 2.42 bits per heavy atom. The highest BCUT2D eigenvalue weighted by atomic mass is 32.2. The van der Waals surface area contributed by atoms with Crippen LogP contribution < -0.4 is 0 Å². The van der Waals surface area contributed by atoms with E-state index in [1.807, 2.05) is 6.92 Å². The number of hydrogen-bond donors (Lipinski definition) is 1. The Bertz CT molecular complexity index is 562. The van der Waals surface area contributed by atoms with Gasteiger partial charge in [-0.25, -0.2) is 13.4 Å². The van der Waals surface area contributed by atoms with Gasteiger partial charge in [-0.2, -0.15) is 4.31 Å². The van der Waals surface area contributed by atoms with Crippen LogP contribution >= 0.6 is 0 Å². The highest BCUT2D eigenvalue weighted by Crippen LogP contribution is 2.23. The molecule has 8 heteroatoms. The molecule has 1 aromatic rings. The molecule has 0 spiro atoms. The van der Waals surface area contributed by atoms with Gasteiger partial charge in [0.2, 0.25) is 0 Å². The molecule has 0 aromatic carbocycles. The van der Waals surface area contributed by atoms with Gasteiger partial charge in [-0.15, -0.1) is 0 Å². The Balaban J connectivity index is 3.27. The summed E-state index contributed by atoms with van der Waals surface area (Å²) in [5, 5.41) is 9.04. The molecule has 0 unspecified atom stereocenters. The van der Waals surface area contributed by atoms with E-state index in [0.717, 1.165) is 4.31 Å². The molecule has 1 rings (SSSR count). The lowest BCUT2D eigenvalue weighted by Crippen LogP contribution is -2.52. The largest absolute Gasteiger partial charge is 0.480 e. The standard InChI is InChI=1S/C11H19N3O4S/c1-5-13-7-9(12-8-13)19(17,18)14(6-2)11(3,4)10(15)16/h7-8H,5-6H2,1-4H3,(H,15,16). The number of aromatic nitrogens is 2. The van der Waals surface area contributed by atoms with Crippen molar-refractivity contribution >= 4 is 16.0 Å². The topological polar surface area (TPSA) is 92.5 Å². The van der Waals surface area contributed by atoms with E-state index in [9.17, 15) is 18.3 Å². The third-order valence-corrected chi connectivity index (χ3v) is 5.00. The van der Waals surface area contributed by atoms with E-state index in [2.05, 4.69) is 4.98 Å². The van der Waals surface area contributed by atoms with Crippen molar-refractivity contribution in [3.05, 3.63) is 12.5 Å². The van der Waals surface area contributed by atoms with E-state index in [1.54, 1.807) is 11.5 Å². The van der Waals surface area contributed by atoms with Gasteiger partial charge < -0.3 is 9.67 Å². The van der Waals surface area contributed by atoms with Gasteiger partial charge >= 0.3 is 5.97 Å². The summed E-state index contributed by atoms with van der Waals surface area (Å²) in [6.45, 7) is 6.81. The molecule has 19 heavy (non-hydrogen) atoms. The van der Waals surface area contributed by atoms with Crippen LogP contribution in [0.25, 0.3) is 0 Å². The van der Waals surface area contributed by atoms with Crippen LogP contribution in [0.2, 0.25) is 0 Å². The highest BCUT2D eigenvalue weighted by molar-refractivity contribution is 7.89. The minimum atomic E-state index is -3.92. The zero-order valence-electron chi connectivity index (χ0n) is 11.5. The molecular formula is C11H19N3O4S.